The SMILES string of the molecule is O=C(c1ccccc1)c1cc(O)c(-c2cc(C(F)(F)F)cc(C(F)(F)F)c2)c(O)c1. The highest BCUT2D eigenvalue weighted by Crippen LogP contribution is 2.44. The van der Waals surface area contributed by atoms with Crippen LogP contribution in [0, 0.1) is 0 Å². The summed E-state index contributed by atoms with van der Waals surface area (Å²) >= 11 is 0. The number of benzene rings is 3. The predicted molar refractivity (Wildman–Crippen MR) is 95.1 cm³/mol. The molecule has 0 radical (unpaired) electrons. The largest absolute Gasteiger partial charge is 0.507 e. The molecular formula is C21H12F6O3. The van der Waals surface area contributed by atoms with E-state index in [4.69, 9.17) is 0 Å². The molecule has 30 heavy (non-hydrogen) atoms. The third-order valence-corrected chi connectivity index (χ3v) is 4.27. The highest BCUT2D eigenvalue weighted by molar-refractivity contribution is 6.10. The minimum absolute atomic E-state index is 0.0646. The summed E-state index contributed by atoms with van der Waals surface area (Å²) in [6, 6.07) is 10.2. The van der Waals surface area contributed by atoms with Crippen LogP contribution in [0.1, 0.15) is 27.0 Å². The molecule has 0 unspecified atom stereocenters. The van der Waals surface area contributed by atoms with Crippen molar-refractivity contribution in [2.45, 2.75) is 12.4 Å². The highest BCUT2D eigenvalue weighted by atomic mass is 19.4. The van der Waals surface area contributed by atoms with Crippen molar-refractivity contribution in [3.05, 3.63) is 82.9 Å². The van der Waals surface area contributed by atoms with Crippen molar-refractivity contribution in [1.29, 1.82) is 0 Å². The standard InChI is InChI=1S/C21H12F6O3/c22-20(23,24)14-6-12(7-15(10-14)21(25,26)27)18-16(28)8-13(9-17(18)29)19(30)11-4-2-1-3-5-11/h1-10,28-29H. The monoisotopic (exact) mass is 426 g/mol. The molecule has 9 heteroatoms. The fraction of sp³-hybridized carbons (Fsp3) is 0.0952. The first-order valence-electron chi connectivity index (χ1n) is 8.33. The molecule has 0 aliphatic carbocycles. The van der Waals surface area contributed by atoms with E-state index in [1.165, 1.54) is 12.1 Å². The Labute approximate surface area is 165 Å². The summed E-state index contributed by atoms with van der Waals surface area (Å²) in [5.41, 5.74) is -4.54. The van der Waals surface area contributed by atoms with Crippen LogP contribution < -0.4 is 0 Å². The molecule has 0 fully saturated rings. The number of carbonyl (C=O) groups excluding carboxylic acids is 1. The maximum Gasteiger partial charge on any atom is 0.416 e. The summed E-state index contributed by atoms with van der Waals surface area (Å²) in [5.74, 6) is -2.30. The van der Waals surface area contributed by atoms with Crippen molar-refractivity contribution in [2.75, 3.05) is 0 Å². The van der Waals surface area contributed by atoms with Crippen LogP contribution in [0.2, 0.25) is 0 Å². The summed E-state index contributed by atoms with van der Waals surface area (Å²) < 4.78 is 78.4. The van der Waals surface area contributed by atoms with Gasteiger partial charge in [-0.25, -0.2) is 0 Å². The van der Waals surface area contributed by atoms with Gasteiger partial charge in [0.2, 0.25) is 0 Å². The molecule has 0 aliphatic rings. The lowest BCUT2D eigenvalue weighted by atomic mass is 9.94. The maximum atomic E-state index is 13.1. The Bertz CT molecular complexity index is 1050. The Morgan fingerprint density at radius 2 is 1.13 bits per heavy atom. The van der Waals surface area contributed by atoms with Crippen molar-refractivity contribution >= 4 is 5.78 Å². The Balaban J connectivity index is 2.16. The van der Waals surface area contributed by atoms with E-state index in [9.17, 15) is 41.4 Å². The zero-order valence-corrected chi connectivity index (χ0v) is 14.8. The quantitative estimate of drug-likeness (QED) is 0.397. The molecule has 0 saturated carbocycles. The van der Waals surface area contributed by atoms with Gasteiger partial charge in [0.1, 0.15) is 11.5 Å². The van der Waals surface area contributed by atoms with Crippen molar-refractivity contribution in [3.63, 3.8) is 0 Å². The van der Waals surface area contributed by atoms with Crippen molar-refractivity contribution < 1.29 is 41.4 Å². The molecule has 3 aromatic carbocycles. The van der Waals surface area contributed by atoms with Crippen molar-refractivity contribution in [3.8, 4) is 22.6 Å². The van der Waals surface area contributed by atoms with Crippen LogP contribution in [-0.2, 0) is 12.4 Å². The second-order valence-corrected chi connectivity index (χ2v) is 6.38. The first kappa shape index (κ1) is 21.2. The average Bonchev–Trinajstić information content (AvgIpc) is 2.66. The Morgan fingerprint density at radius 1 is 0.667 bits per heavy atom. The molecule has 156 valence electrons. The molecule has 3 rings (SSSR count). The number of rotatable bonds is 3. The normalized spacial score (nSPS) is 12.1. The van der Waals surface area contributed by atoms with Crippen LogP contribution >= 0.6 is 0 Å². The summed E-state index contributed by atoms with van der Waals surface area (Å²) in [6.45, 7) is 0. The van der Waals surface area contributed by atoms with Gasteiger partial charge in [0.15, 0.2) is 5.78 Å². The molecule has 3 nitrogen and oxygen atoms in total. The van der Waals surface area contributed by atoms with Gasteiger partial charge in [0.05, 0.1) is 16.7 Å². The second kappa shape index (κ2) is 7.40. The van der Waals surface area contributed by atoms with E-state index in [0.29, 0.717) is 12.1 Å². The van der Waals surface area contributed by atoms with Gasteiger partial charge < -0.3 is 10.2 Å². The van der Waals surface area contributed by atoms with Gasteiger partial charge in [-0.15, -0.1) is 0 Å². The number of alkyl halides is 6. The van der Waals surface area contributed by atoms with Crippen LogP contribution in [-0.4, -0.2) is 16.0 Å². The number of ketones is 1. The third kappa shape index (κ3) is 4.24. The number of halogens is 6. The Morgan fingerprint density at radius 3 is 1.57 bits per heavy atom. The van der Waals surface area contributed by atoms with Gasteiger partial charge in [-0.05, 0) is 35.9 Å². The van der Waals surface area contributed by atoms with E-state index in [1.54, 1.807) is 18.2 Å². The van der Waals surface area contributed by atoms with Crippen LogP contribution in [0.3, 0.4) is 0 Å². The topological polar surface area (TPSA) is 57.5 Å². The van der Waals surface area contributed by atoms with Crippen LogP contribution in [0.5, 0.6) is 11.5 Å². The van der Waals surface area contributed by atoms with Crippen molar-refractivity contribution in [2.24, 2.45) is 0 Å². The molecule has 0 aromatic heterocycles. The zero-order chi connectivity index (χ0) is 22.3. The summed E-state index contributed by atoms with van der Waals surface area (Å²) in [6.07, 6.45) is -10.2. The molecule has 2 N–H and O–H groups in total. The van der Waals surface area contributed by atoms with Crippen molar-refractivity contribution in [1.82, 2.24) is 0 Å². The summed E-state index contributed by atoms with van der Waals surface area (Å²) in [4.78, 5) is 12.4. The van der Waals surface area contributed by atoms with E-state index >= 15 is 0 Å². The molecule has 0 bridgehead atoms. The van der Waals surface area contributed by atoms with E-state index in [1.807, 2.05) is 0 Å². The number of hydrogen-bond acceptors (Lipinski definition) is 3. The molecular weight excluding hydrogens is 414 g/mol. The number of phenols is 2. The maximum absolute atomic E-state index is 13.1. The number of carbonyl (C=O) groups is 1. The molecule has 0 saturated heterocycles. The van der Waals surface area contributed by atoms with Gasteiger partial charge in [0.25, 0.3) is 0 Å². The van der Waals surface area contributed by atoms with E-state index in [0.717, 1.165) is 12.1 Å². The first-order chi connectivity index (χ1) is 13.9. The fourth-order valence-corrected chi connectivity index (χ4v) is 2.89. The lowest BCUT2D eigenvalue weighted by Gasteiger charge is -2.16. The van der Waals surface area contributed by atoms with Gasteiger partial charge in [0, 0.05) is 11.1 Å². The second-order valence-electron chi connectivity index (χ2n) is 6.38. The average molecular weight is 426 g/mol. The Kier molecular flexibility index (Phi) is 5.23. The van der Waals surface area contributed by atoms with Crippen LogP contribution in [0.15, 0.2) is 60.7 Å². The summed E-state index contributed by atoms with van der Waals surface area (Å²) in [7, 11) is 0. The van der Waals surface area contributed by atoms with Crippen LogP contribution in [0.4, 0.5) is 26.3 Å². The molecule has 0 amide bonds. The number of phenolic OH excluding ortho intramolecular Hbond substituents is 2. The smallest absolute Gasteiger partial charge is 0.416 e. The fourth-order valence-electron chi connectivity index (χ4n) is 2.89. The predicted octanol–water partition coefficient (Wildman–Crippen LogP) is 6.03. The number of hydrogen-bond donors (Lipinski definition) is 2. The zero-order valence-electron chi connectivity index (χ0n) is 14.8. The van der Waals surface area contributed by atoms with Gasteiger partial charge >= 0.3 is 12.4 Å². The summed E-state index contributed by atoms with van der Waals surface area (Å²) in [5, 5.41) is 20.5. The first-order valence-corrected chi connectivity index (χ1v) is 8.33. The number of aromatic hydroxyl groups is 2. The molecule has 0 heterocycles. The Hall–Kier alpha value is -3.49. The lowest BCUT2D eigenvalue weighted by Crippen LogP contribution is -2.11. The van der Waals surface area contributed by atoms with Gasteiger partial charge in [-0.3, -0.25) is 4.79 Å². The molecule has 0 aliphatic heterocycles. The van der Waals surface area contributed by atoms with Gasteiger partial charge in [-0.1, -0.05) is 30.3 Å². The third-order valence-electron chi connectivity index (χ3n) is 4.27. The van der Waals surface area contributed by atoms with E-state index in [-0.39, 0.29) is 17.2 Å². The van der Waals surface area contributed by atoms with Crippen LogP contribution in [0.25, 0.3) is 11.1 Å². The molecule has 3 aromatic rings. The minimum atomic E-state index is -5.09. The lowest BCUT2D eigenvalue weighted by molar-refractivity contribution is -0.143. The van der Waals surface area contributed by atoms with E-state index in [2.05, 4.69) is 0 Å². The minimum Gasteiger partial charge on any atom is -0.507 e. The van der Waals surface area contributed by atoms with E-state index < -0.39 is 51.9 Å². The highest BCUT2D eigenvalue weighted by Gasteiger charge is 2.37. The molecule has 0 spiro atoms. The van der Waals surface area contributed by atoms with Gasteiger partial charge in [-0.2, -0.15) is 26.3 Å². The molecule has 0 atom stereocenters.